The van der Waals surface area contributed by atoms with Gasteiger partial charge in [-0.2, -0.15) is 0 Å². The number of phenols is 1. The van der Waals surface area contributed by atoms with Crippen molar-refractivity contribution in [1.29, 1.82) is 0 Å². The number of nitrogens with one attached hydrogen (secondary N) is 1. The van der Waals surface area contributed by atoms with Crippen LogP contribution in [0, 0.1) is 0 Å². The quantitative estimate of drug-likeness (QED) is 0.742. The van der Waals surface area contributed by atoms with Crippen LogP contribution in [0.3, 0.4) is 0 Å². The van der Waals surface area contributed by atoms with E-state index in [1.807, 2.05) is 30.3 Å². The minimum absolute atomic E-state index is 0.0228. The molecule has 0 atom stereocenters. The van der Waals surface area contributed by atoms with Crippen LogP contribution in [0.15, 0.2) is 47.4 Å². The molecule has 148 valence electrons. The van der Waals surface area contributed by atoms with Crippen LogP contribution in [0.5, 0.6) is 5.75 Å². The molecule has 0 saturated carbocycles. The van der Waals surface area contributed by atoms with Gasteiger partial charge in [0, 0.05) is 30.0 Å². The highest BCUT2D eigenvalue weighted by Crippen LogP contribution is 2.35. The van der Waals surface area contributed by atoms with Crippen molar-refractivity contribution < 1.29 is 14.7 Å². The summed E-state index contributed by atoms with van der Waals surface area (Å²) in [4.78, 5) is 27.9. The largest absolute Gasteiger partial charge is 0.506 e. The molecule has 2 N–H and O–H groups in total. The second-order valence-electron chi connectivity index (χ2n) is 7.89. The number of para-hydroxylation sites is 1. The first kappa shape index (κ1) is 20.3. The highest BCUT2D eigenvalue weighted by molar-refractivity contribution is 7.99. The van der Waals surface area contributed by atoms with Crippen molar-refractivity contribution in [3.05, 3.63) is 48.0 Å². The average Bonchev–Trinajstić information content (AvgIpc) is 2.66. The van der Waals surface area contributed by atoms with Crippen LogP contribution in [-0.2, 0) is 15.0 Å². The fraction of sp³-hybridized carbons (Fsp3) is 0.364. The van der Waals surface area contributed by atoms with E-state index in [0.717, 1.165) is 21.9 Å². The van der Waals surface area contributed by atoms with Gasteiger partial charge >= 0.3 is 0 Å². The van der Waals surface area contributed by atoms with Crippen molar-refractivity contribution >= 4 is 35.0 Å². The molecule has 0 fully saturated rings. The zero-order chi connectivity index (χ0) is 20.3. The van der Waals surface area contributed by atoms with E-state index in [9.17, 15) is 14.7 Å². The van der Waals surface area contributed by atoms with Gasteiger partial charge in [0.05, 0.1) is 11.4 Å². The lowest BCUT2D eigenvalue weighted by atomic mass is 9.87. The fourth-order valence-corrected chi connectivity index (χ4v) is 4.09. The summed E-state index contributed by atoms with van der Waals surface area (Å²) in [5.41, 5.74) is 2.21. The molecule has 2 aromatic rings. The molecule has 0 spiro atoms. The number of aromatic hydroxyl groups is 1. The summed E-state index contributed by atoms with van der Waals surface area (Å²) in [6, 6.07) is 13.1. The first-order valence-corrected chi connectivity index (χ1v) is 10.4. The van der Waals surface area contributed by atoms with Gasteiger partial charge in [0.25, 0.3) is 0 Å². The Bertz CT molecular complexity index is 890. The molecular formula is C22H26N2O3S. The normalized spacial score (nSPS) is 13.8. The van der Waals surface area contributed by atoms with E-state index < -0.39 is 0 Å². The zero-order valence-corrected chi connectivity index (χ0v) is 17.3. The van der Waals surface area contributed by atoms with Crippen molar-refractivity contribution in [2.75, 3.05) is 22.5 Å². The van der Waals surface area contributed by atoms with Gasteiger partial charge in [0.1, 0.15) is 5.75 Å². The second kappa shape index (κ2) is 8.27. The third-order valence-corrected chi connectivity index (χ3v) is 5.78. The Labute approximate surface area is 170 Å². The molecule has 0 bridgehead atoms. The molecule has 0 radical (unpaired) electrons. The third-order valence-electron chi connectivity index (χ3n) is 4.73. The molecule has 3 rings (SSSR count). The Hall–Kier alpha value is -2.47. The van der Waals surface area contributed by atoms with Crippen LogP contribution in [0.4, 0.5) is 11.4 Å². The third kappa shape index (κ3) is 4.68. The Morgan fingerprint density at radius 3 is 2.64 bits per heavy atom. The molecule has 0 aliphatic carbocycles. The number of anilines is 2. The minimum atomic E-state index is -0.283. The number of carbonyl (C=O) groups is 2. The molecule has 1 aliphatic heterocycles. The maximum atomic E-state index is 12.7. The average molecular weight is 399 g/mol. The van der Waals surface area contributed by atoms with Crippen molar-refractivity contribution in [1.82, 2.24) is 0 Å². The number of rotatable bonds is 4. The van der Waals surface area contributed by atoms with Crippen molar-refractivity contribution in [2.45, 2.75) is 43.9 Å². The van der Waals surface area contributed by atoms with Gasteiger partial charge in [-0.15, -0.1) is 11.8 Å². The number of benzene rings is 2. The molecule has 2 amide bonds. The van der Waals surface area contributed by atoms with Crippen LogP contribution in [0.1, 0.15) is 39.2 Å². The molecule has 6 heteroatoms. The van der Waals surface area contributed by atoms with Gasteiger partial charge < -0.3 is 15.3 Å². The van der Waals surface area contributed by atoms with Gasteiger partial charge in [0.2, 0.25) is 11.8 Å². The smallest absolute Gasteiger partial charge is 0.227 e. The van der Waals surface area contributed by atoms with Gasteiger partial charge in [-0.25, -0.2) is 0 Å². The minimum Gasteiger partial charge on any atom is -0.506 e. The number of fused-ring (bicyclic) bond motifs is 1. The highest BCUT2D eigenvalue weighted by atomic mass is 32.2. The predicted octanol–water partition coefficient (Wildman–Crippen LogP) is 4.55. The lowest BCUT2D eigenvalue weighted by molar-refractivity contribution is -0.122. The molecule has 28 heavy (non-hydrogen) atoms. The summed E-state index contributed by atoms with van der Waals surface area (Å²) in [5.74, 6) is 0.530. The molecule has 2 aromatic carbocycles. The first-order chi connectivity index (χ1) is 13.3. The lowest BCUT2D eigenvalue weighted by Gasteiger charge is -2.29. The van der Waals surface area contributed by atoms with Crippen molar-refractivity contribution in [2.24, 2.45) is 0 Å². The van der Waals surface area contributed by atoms with Crippen molar-refractivity contribution in [3.8, 4) is 5.75 Å². The Kier molecular flexibility index (Phi) is 5.98. The van der Waals surface area contributed by atoms with Crippen LogP contribution in [0.25, 0.3) is 0 Å². The van der Waals surface area contributed by atoms with Gasteiger partial charge in [-0.3, -0.25) is 9.59 Å². The van der Waals surface area contributed by atoms with E-state index in [4.69, 9.17) is 0 Å². The number of amides is 2. The van der Waals surface area contributed by atoms with Crippen LogP contribution in [-0.4, -0.2) is 29.2 Å². The zero-order valence-electron chi connectivity index (χ0n) is 16.5. The lowest BCUT2D eigenvalue weighted by Crippen LogP contribution is -2.35. The second-order valence-corrected chi connectivity index (χ2v) is 9.03. The summed E-state index contributed by atoms with van der Waals surface area (Å²) >= 11 is 1.74. The monoisotopic (exact) mass is 398 g/mol. The predicted molar refractivity (Wildman–Crippen MR) is 114 cm³/mol. The van der Waals surface area contributed by atoms with Crippen LogP contribution >= 0.6 is 11.8 Å². The Balaban J connectivity index is 1.62. The van der Waals surface area contributed by atoms with Gasteiger partial charge in [-0.1, -0.05) is 39.0 Å². The number of hydrogen-bond donors (Lipinski definition) is 2. The van der Waals surface area contributed by atoms with E-state index >= 15 is 0 Å². The number of thioether (sulfide) groups is 1. The van der Waals surface area contributed by atoms with E-state index in [0.29, 0.717) is 12.2 Å². The molecule has 1 aliphatic rings. The highest BCUT2D eigenvalue weighted by Gasteiger charge is 2.23. The summed E-state index contributed by atoms with van der Waals surface area (Å²) in [6.07, 6.45) is 0.203. The van der Waals surface area contributed by atoms with E-state index in [2.05, 4.69) is 26.1 Å². The maximum absolute atomic E-state index is 12.7. The number of phenolic OH excluding ortho intramolecular Hbond substituents is 1. The Morgan fingerprint density at radius 1 is 1.14 bits per heavy atom. The SMILES string of the molecule is CC(C)(C)c1ccc(O)c(NC(=O)CCC(=O)N2CCSc3ccccc32)c1. The topological polar surface area (TPSA) is 69.6 Å². The van der Waals surface area contributed by atoms with Crippen LogP contribution in [0.2, 0.25) is 0 Å². The molecule has 0 unspecified atom stereocenters. The van der Waals surface area contributed by atoms with E-state index in [1.165, 1.54) is 0 Å². The maximum Gasteiger partial charge on any atom is 0.227 e. The number of nitrogens with zero attached hydrogens (tertiary/aromatic N) is 1. The summed E-state index contributed by atoms with van der Waals surface area (Å²) < 4.78 is 0. The summed E-state index contributed by atoms with van der Waals surface area (Å²) in [6.45, 7) is 6.85. The first-order valence-electron chi connectivity index (χ1n) is 9.41. The van der Waals surface area contributed by atoms with Crippen LogP contribution < -0.4 is 10.2 Å². The summed E-state index contributed by atoms with van der Waals surface area (Å²) in [5, 5.41) is 12.8. The molecule has 1 heterocycles. The Morgan fingerprint density at radius 2 is 1.89 bits per heavy atom. The number of carbonyl (C=O) groups excluding carboxylic acids is 2. The van der Waals surface area contributed by atoms with E-state index in [-0.39, 0.29) is 35.8 Å². The molecule has 5 nitrogen and oxygen atoms in total. The van der Waals surface area contributed by atoms with Gasteiger partial charge in [-0.05, 0) is 35.2 Å². The molecule has 0 saturated heterocycles. The fourth-order valence-electron chi connectivity index (χ4n) is 3.10. The molecule has 0 aromatic heterocycles. The number of hydrogen-bond acceptors (Lipinski definition) is 4. The summed E-state index contributed by atoms with van der Waals surface area (Å²) in [7, 11) is 0. The standard InChI is InChI=1S/C22H26N2O3S/c1-22(2,3)15-8-9-18(25)16(14-15)23-20(26)10-11-21(27)24-12-13-28-19-7-5-4-6-17(19)24/h4-9,14,25H,10-13H2,1-3H3,(H,23,26). The van der Waals surface area contributed by atoms with E-state index in [1.54, 1.807) is 28.8 Å². The van der Waals surface area contributed by atoms with Crippen molar-refractivity contribution in [3.63, 3.8) is 0 Å². The molecular weight excluding hydrogens is 372 g/mol. The van der Waals surface area contributed by atoms with Gasteiger partial charge in [0.15, 0.2) is 0 Å².